The third-order valence-corrected chi connectivity index (χ3v) is 9.26. The van der Waals surface area contributed by atoms with E-state index in [2.05, 4.69) is 18.9 Å². The van der Waals surface area contributed by atoms with Crippen molar-refractivity contribution in [2.24, 2.45) is 11.8 Å². The van der Waals surface area contributed by atoms with Gasteiger partial charge in [-0.05, 0) is 89.6 Å². The number of ether oxygens (including phenoxy) is 3. The Hall–Kier alpha value is -2.91. The number of hydrogen-bond acceptors (Lipinski definition) is 8. The maximum Gasteiger partial charge on any atom is 0.511 e. The summed E-state index contributed by atoms with van der Waals surface area (Å²) in [7, 11) is 2.10. The quantitative estimate of drug-likeness (QED) is 0.244. The van der Waals surface area contributed by atoms with Crippen molar-refractivity contribution < 1.29 is 28.6 Å². The molecule has 1 aliphatic carbocycles. The van der Waals surface area contributed by atoms with Crippen LogP contribution in [0.25, 0.3) is 10.4 Å². The molecule has 1 amide bonds. The maximum absolute atomic E-state index is 14.2. The second-order valence-corrected chi connectivity index (χ2v) is 12.2. The van der Waals surface area contributed by atoms with E-state index in [-0.39, 0.29) is 24.0 Å². The fraction of sp³-hybridized carbons (Fsp3) is 0.581. The lowest BCUT2D eigenvalue weighted by Crippen LogP contribution is -2.49. The van der Waals surface area contributed by atoms with Crippen LogP contribution in [0.15, 0.2) is 36.4 Å². The third-order valence-electron chi connectivity index (χ3n) is 8.11. The minimum absolute atomic E-state index is 0.00502. The Labute approximate surface area is 241 Å². The van der Waals surface area contributed by atoms with E-state index in [9.17, 15) is 14.4 Å². The number of piperidine rings is 1. The summed E-state index contributed by atoms with van der Waals surface area (Å²) in [5, 5.41) is 0. The summed E-state index contributed by atoms with van der Waals surface area (Å²) in [6.45, 7) is 7.11. The van der Waals surface area contributed by atoms with Gasteiger partial charge >= 0.3 is 12.1 Å². The van der Waals surface area contributed by atoms with Gasteiger partial charge in [-0.2, -0.15) is 0 Å². The molecule has 2 fully saturated rings. The minimum Gasteiger partial charge on any atom is -0.431 e. The first-order valence-corrected chi connectivity index (χ1v) is 15.3. The van der Waals surface area contributed by atoms with Crippen molar-refractivity contribution in [3.05, 3.63) is 41.3 Å². The molecule has 2 heterocycles. The molecule has 40 heavy (non-hydrogen) atoms. The number of carbonyl (C=O) groups excluding carboxylic acids is 3. The number of likely N-dealkylation sites (tertiary alicyclic amines) is 1. The highest BCUT2D eigenvalue weighted by Gasteiger charge is 2.37. The van der Waals surface area contributed by atoms with Crippen LogP contribution in [-0.2, 0) is 19.0 Å². The molecule has 1 saturated carbocycles. The van der Waals surface area contributed by atoms with Gasteiger partial charge < -0.3 is 24.0 Å². The van der Waals surface area contributed by atoms with Crippen molar-refractivity contribution in [3.63, 3.8) is 0 Å². The van der Waals surface area contributed by atoms with Crippen molar-refractivity contribution in [1.29, 1.82) is 0 Å². The van der Waals surface area contributed by atoms with Crippen LogP contribution in [0.1, 0.15) is 75.4 Å². The fourth-order valence-electron chi connectivity index (χ4n) is 5.38. The average Bonchev–Trinajstić information content (AvgIpc) is 3.40. The van der Waals surface area contributed by atoms with Crippen molar-refractivity contribution >= 4 is 35.1 Å². The standard InChI is InChI=1S/C31H42N2O6S/c1-5-22(3)39-31(36)38-20-37-30(35)28-26(19-27(40-28)23-9-7-6-8-10-23)33(25-15-17-32(4)18-16-25)29(34)24-13-11-21(2)12-14-24/h6-10,19,21-22,24-25H,5,11-18,20H2,1-4H3/t21?,22-,24?/m0/s1. The molecule has 8 nitrogen and oxygen atoms in total. The molecule has 0 spiro atoms. The third kappa shape index (κ3) is 7.63. The number of rotatable bonds is 9. The maximum atomic E-state index is 14.2. The predicted octanol–water partition coefficient (Wildman–Crippen LogP) is 6.73. The number of anilines is 1. The van der Waals surface area contributed by atoms with E-state index in [4.69, 9.17) is 14.2 Å². The first-order valence-electron chi connectivity index (χ1n) is 14.5. The average molecular weight is 571 g/mol. The molecule has 2 aliphatic rings. The Kier molecular flexibility index (Phi) is 10.6. The van der Waals surface area contributed by atoms with Crippen LogP contribution in [0.5, 0.6) is 0 Å². The molecule has 1 aliphatic heterocycles. The zero-order chi connectivity index (χ0) is 28.6. The summed E-state index contributed by atoms with van der Waals surface area (Å²) in [6, 6.07) is 11.8. The Morgan fingerprint density at radius 3 is 2.35 bits per heavy atom. The molecule has 1 aromatic heterocycles. The van der Waals surface area contributed by atoms with E-state index in [0.717, 1.165) is 62.1 Å². The molecule has 218 valence electrons. The normalized spacial score (nSPS) is 20.9. The lowest BCUT2D eigenvalue weighted by molar-refractivity contribution is -0.124. The van der Waals surface area contributed by atoms with E-state index in [1.165, 1.54) is 11.3 Å². The van der Waals surface area contributed by atoms with E-state index in [0.29, 0.717) is 22.9 Å². The topological polar surface area (TPSA) is 85.4 Å². The summed E-state index contributed by atoms with van der Waals surface area (Å²) in [4.78, 5) is 45.0. The number of thiophene rings is 1. The summed E-state index contributed by atoms with van der Waals surface area (Å²) in [5.41, 5.74) is 1.55. The number of nitrogens with zero attached hydrogens (tertiary/aromatic N) is 2. The van der Waals surface area contributed by atoms with Gasteiger partial charge in [0.2, 0.25) is 12.7 Å². The van der Waals surface area contributed by atoms with E-state index in [1.807, 2.05) is 48.2 Å². The molecule has 9 heteroatoms. The van der Waals surface area contributed by atoms with Gasteiger partial charge in [-0.1, -0.05) is 44.2 Å². The van der Waals surface area contributed by atoms with Gasteiger partial charge in [0.1, 0.15) is 11.0 Å². The molecule has 0 bridgehead atoms. The first kappa shape index (κ1) is 30.1. The van der Waals surface area contributed by atoms with Crippen LogP contribution < -0.4 is 4.90 Å². The number of hydrogen-bond donors (Lipinski definition) is 0. The molecule has 0 unspecified atom stereocenters. The Morgan fingerprint density at radius 1 is 1.02 bits per heavy atom. The lowest BCUT2D eigenvalue weighted by atomic mass is 9.82. The van der Waals surface area contributed by atoms with E-state index < -0.39 is 18.9 Å². The molecule has 1 saturated heterocycles. The van der Waals surface area contributed by atoms with Crippen molar-refractivity contribution in [1.82, 2.24) is 4.90 Å². The molecule has 4 rings (SSSR count). The SMILES string of the molecule is CC[C@H](C)OC(=O)OCOC(=O)c1sc(-c2ccccc2)cc1N(C(=O)C1CCC(C)CC1)C1CCN(C)CC1. The molecule has 2 aromatic rings. The second-order valence-electron chi connectivity index (χ2n) is 11.2. The van der Waals surface area contributed by atoms with Crippen LogP contribution in [0.4, 0.5) is 10.5 Å². The van der Waals surface area contributed by atoms with Gasteiger partial charge in [0, 0.05) is 16.8 Å². The zero-order valence-electron chi connectivity index (χ0n) is 24.1. The van der Waals surface area contributed by atoms with Gasteiger partial charge in [0.25, 0.3) is 0 Å². The summed E-state index contributed by atoms with van der Waals surface area (Å²) >= 11 is 1.30. The van der Waals surface area contributed by atoms with Gasteiger partial charge in [-0.3, -0.25) is 4.79 Å². The predicted molar refractivity (Wildman–Crippen MR) is 156 cm³/mol. The van der Waals surface area contributed by atoms with Gasteiger partial charge in [-0.25, -0.2) is 9.59 Å². The molecule has 1 aromatic carbocycles. The Morgan fingerprint density at radius 2 is 1.70 bits per heavy atom. The largest absolute Gasteiger partial charge is 0.511 e. The second kappa shape index (κ2) is 14.1. The molecule has 0 radical (unpaired) electrons. The Balaban J connectivity index is 1.64. The molecule has 0 N–H and O–H groups in total. The van der Waals surface area contributed by atoms with Gasteiger partial charge in [0.05, 0.1) is 5.69 Å². The Bertz CT molecular complexity index is 1140. The van der Waals surface area contributed by atoms with Crippen LogP contribution in [0, 0.1) is 11.8 Å². The van der Waals surface area contributed by atoms with Crippen LogP contribution in [0.2, 0.25) is 0 Å². The lowest BCUT2D eigenvalue weighted by Gasteiger charge is -2.40. The highest BCUT2D eigenvalue weighted by molar-refractivity contribution is 7.18. The number of esters is 1. The summed E-state index contributed by atoms with van der Waals surface area (Å²) in [5.74, 6) is 0.0467. The van der Waals surface area contributed by atoms with Crippen LogP contribution in [-0.4, -0.2) is 62.0 Å². The molecular formula is C31H42N2O6S. The van der Waals surface area contributed by atoms with E-state index >= 15 is 0 Å². The highest BCUT2D eigenvalue weighted by Crippen LogP contribution is 2.41. The molecular weight excluding hydrogens is 528 g/mol. The number of carbonyl (C=O) groups is 3. The highest BCUT2D eigenvalue weighted by atomic mass is 32.1. The smallest absolute Gasteiger partial charge is 0.431 e. The van der Waals surface area contributed by atoms with Crippen LogP contribution in [0.3, 0.4) is 0 Å². The fourth-order valence-corrected chi connectivity index (χ4v) is 6.43. The van der Waals surface area contributed by atoms with Crippen LogP contribution >= 0.6 is 11.3 Å². The zero-order valence-corrected chi connectivity index (χ0v) is 24.9. The summed E-state index contributed by atoms with van der Waals surface area (Å²) in [6.07, 6.45) is 4.95. The van der Waals surface area contributed by atoms with Crippen molar-refractivity contribution in [3.8, 4) is 10.4 Å². The number of benzene rings is 1. The van der Waals surface area contributed by atoms with Gasteiger partial charge in [0.15, 0.2) is 0 Å². The monoisotopic (exact) mass is 570 g/mol. The summed E-state index contributed by atoms with van der Waals surface area (Å²) < 4.78 is 15.5. The van der Waals surface area contributed by atoms with Crippen molar-refractivity contribution in [2.45, 2.75) is 77.9 Å². The van der Waals surface area contributed by atoms with Crippen molar-refractivity contribution in [2.75, 3.05) is 31.8 Å². The first-order chi connectivity index (χ1) is 19.3. The minimum atomic E-state index is -0.881. The molecule has 1 atom stereocenters. The van der Waals surface area contributed by atoms with E-state index in [1.54, 1.807) is 6.92 Å². The van der Waals surface area contributed by atoms with Gasteiger partial charge in [-0.15, -0.1) is 11.3 Å². The number of amides is 1.